The molecule has 0 aromatic rings. The summed E-state index contributed by atoms with van der Waals surface area (Å²) in [6.07, 6.45) is 4.20. The normalized spacial score (nSPS) is 20.8. The van der Waals surface area contributed by atoms with Gasteiger partial charge in [-0.3, -0.25) is 9.59 Å². The fourth-order valence-corrected chi connectivity index (χ4v) is 2.37. The fourth-order valence-electron chi connectivity index (χ4n) is 2.37. The molecule has 1 unspecified atom stereocenters. The Morgan fingerprint density at radius 1 is 1.44 bits per heavy atom. The lowest BCUT2D eigenvalue weighted by atomic mass is 10.1. The third-order valence-corrected chi connectivity index (χ3v) is 3.19. The summed E-state index contributed by atoms with van der Waals surface area (Å²) < 4.78 is 0. The van der Waals surface area contributed by atoms with Crippen LogP contribution in [0.4, 0.5) is 0 Å². The first-order valence-corrected chi connectivity index (χ1v) is 6.12. The Bertz CT molecular complexity index is 259. The number of nitrogens with zero attached hydrogens (tertiary/aromatic N) is 1. The van der Waals surface area contributed by atoms with E-state index in [0.717, 1.165) is 25.7 Å². The number of carboxylic acid groups (broad SMARTS) is 1. The SMILES string of the molecule is CCCC(CCC)N1CC(C(=O)O)CC1=O. The van der Waals surface area contributed by atoms with Crippen LogP contribution in [-0.2, 0) is 9.59 Å². The lowest BCUT2D eigenvalue weighted by molar-refractivity contribution is -0.141. The fraction of sp³-hybridized carbons (Fsp3) is 0.833. The van der Waals surface area contributed by atoms with Crippen LogP contribution in [0.5, 0.6) is 0 Å². The molecule has 0 spiro atoms. The van der Waals surface area contributed by atoms with Crippen LogP contribution in [0.1, 0.15) is 46.0 Å². The predicted octanol–water partition coefficient (Wildman–Crippen LogP) is 1.89. The minimum atomic E-state index is -0.845. The minimum absolute atomic E-state index is 0.0132. The first kappa shape index (κ1) is 13.0. The Kier molecular flexibility index (Phi) is 4.77. The minimum Gasteiger partial charge on any atom is -0.481 e. The number of aliphatic carboxylic acids is 1. The number of carbonyl (C=O) groups is 2. The van der Waals surface area contributed by atoms with E-state index in [-0.39, 0.29) is 18.4 Å². The average molecular weight is 227 g/mol. The van der Waals surface area contributed by atoms with Gasteiger partial charge in [-0.15, -0.1) is 0 Å². The van der Waals surface area contributed by atoms with Gasteiger partial charge in [0, 0.05) is 19.0 Å². The molecule has 1 rings (SSSR count). The molecule has 1 atom stereocenters. The molecule has 1 heterocycles. The molecule has 1 aliphatic heterocycles. The zero-order chi connectivity index (χ0) is 12.1. The van der Waals surface area contributed by atoms with E-state index in [1.807, 2.05) is 0 Å². The smallest absolute Gasteiger partial charge is 0.308 e. The van der Waals surface area contributed by atoms with E-state index in [1.54, 1.807) is 4.90 Å². The monoisotopic (exact) mass is 227 g/mol. The van der Waals surface area contributed by atoms with Crippen LogP contribution in [0, 0.1) is 5.92 Å². The van der Waals surface area contributed by atoms with Crippen LogP contribution in [-0.4, -0.2) is 34.5 Å². The van der Waals surface area contributed by atoms with Gasteiger partial charge in [0.15, 0.2) is 0 Å². The zero-order valence-electron chi connectivity index (χ0n) is 10.1. The Morgan fingerprint density at radius 3 is 2.38 bits per heavy atom. The van der Waals surface area contributed by atoms with Crippen molar-refractivity contribution >= 4 is 11.9 Å². The zero-order valence-corrected chi connectivity index (χ0v) is 10.1. The van der Waals surface area contributed by atoms with Crippen LogP contribution in [0.3, 0.4) is 0 Å². The van der Waals surface area contributed by atoms with Crippen molar-refractivity contribution < 1.29 is 14.7 Å². The largest absolute Gasteiger partial charge is 0.481 e. The maximum absolute atomic E-state index is 11.7. The summed E-state index contributed by atoms with van der Waals surface area (Å²) in [7, 11) is 0. The number of hydrogen-bond acceptors (Lipinski definition) is 2. The van der Waals surface area contributed by atoms with Gasteiger partial charge >= 0.3 is 5.97 Å². The number of hydrogen-bond donors (Lipinski definition) is 1. The molecule has 1 aliphatic rings. The second kappa shape index (κ2) is 5.87. The van der Waals surface area contributed by atoms with E-state index >= 15 is 0 Å². The van der Waals surface area contributed by atoms with E-state index in [4.69, 9.17) is 5.11 Å². The van der Waals surface area contributed by atoms with Crippen molar-refractivity contribution in [1.82, 2.24) is 4.90 Å². The van der Waals surface area contributed by atoms with E-state index in [2.05, 4.69) is 13.8 Å². The van der Waals surface area contributed by atoms with Gasteiger partial charge in [0.25, 0.3) is 0 Å². The van der Waals surface area contributed by atoms with Crippen molar-refractivity contribution in [1.29, 1.82) is 0 Å². The second-order valence-electron chi connectivity index (χ2n) is 4.52. The Morgan fingerprint density at radius 2 is 2.00 bits per heavy atom. The average Bonchev–Trinajstić information content (AvgIpc) is 2.60. The van der Waals surface area contributed by atoms with Gasteiger partial charge in [0.05, 0.1) is 5.92 Å². The molecule has 0 radical (unpaired) electrons. The Labute approximate surface area is 96.6 Å². The molecule has 1 amide bonds. The summed E-state index contributed by atoms with van der Waals surface area (Å²) in [5.41, 5.74) is 0. The maximum atomic E-state index is 11.7. The van der Waals surface area contributed by atoms with Gasteiger partial charge in [0.2, 0.25) is 5.91 Å². The molecule has 0 aromatic carbocycles. The first-order chi connectivity index (χ1) is 7.60. The highest BCUT2D eigenvalue weighted by molar-refractivity contribution is 5.86. The van der Waals surface area contributed by atoms with Crippen molar-refractivity contribution in [3.8, 4) is 0 Å². The molecule has 0 saturated carbocycles. The van der Waals surface area contributed by atoms with E-state index in [9.17, 15) is 9.59 Å². The number of carbonyl (C=O) groups excluding carboxylic acids is 1. The van der Waals surface area contributed by atoms with Crippen LogP contribution in [0.25, 0.3) is 0 Å². The number of likely N-dealkylation sites (tertiary alicyclic amines) is 1. The summed E-state index contributed by atoms with van der Waals surface area (Å²) >= 11 is 0. The molecule has 92 valence electrons. The molecule has 0 aromatic heterocycles. The van der Waals surface area contributed by atoms with Crippen LogP contribution < -0.4 is 0 Å². The highest BCUT2D eigenvalue weighted by atomic mass is 16.4. The lowest BCUT2D eigenvalue weighted by Crippen LogP contribution is -2.36. The quantitative estimate of drug-likeness (QED) is 0.753. The first-order valence-electron chi connectivity index (χ1n) is 6.12. The molecule has 4 nitrogen and oxygen atoms in total. The van der Waals surface area contributed by atoms with Crippen LogP contribution >= 0.6 is 0 Å². The maximum Gasteiger partial charge on any atom is 0.308 e. The van der Waals surface area contributed by atoms with Gasteiger partial charge < -0.3 is 10.0 Å². The summed E-state index contributed by atoms with van der Waals surface area (Å²) in [6, 6.07) is 0.242. The van der Waals surface area contributed by atoms with Crippen molar-refractivity contribution in [3.05, 3.63) is 0 Å². The third-order valence-electron chi connectivity index (χ3n) is 3.19. The summed E-state index contributed by atoms with van der Waals surface area (Å²) in [5, 5.41) is 8.91. The number of amides is 1. The van der Waals surface area contributed by atoms with Gasteiger partial charge in [-0.25, -0.2) is 0 Å². The molecule has 0 bridgehead atoms. The van der Waals surface area contributed by atoms with E-state index in [0.29, 0.717) is 6.54 Å². The second-order valence-corrected chi connectivity index (χ2v) is 4.52. The summed E-state index contributed by atoms with van der Waals surface area (Å²) in [4.78, 5) is 24.4. The molecule has 16 heavy (non-hydrogen) atoms. The molecule has 1 fully saturated rings. The molecular weight excluding hydrogens is 206 g/mol. The van der Waals surface area contributed by atoms with Crippen molar-refractivity contribution in [3.63, 3.8) is 0 Å². The topological polar surface area (TPSA) is 57.6 Å². The van der Waals surface area contributed by atoms with Crippen molar-refractivity contribution in [2.24, 2.45) is 5.92 Å². The third kappa shape index (κ3) is 2.97. The molecule has 1 N–H and O–H groups in total. The molecular formula is C12H21NO3. The number of carboxylic acids is 1. The predicted molar refractivity (Wildman–Crippen MR) is 61.1 cm³/mol. The van der Waals surface area contributed by atoms with Crippen LogP contribution in [0.2, 0.25) is 0 Å². The Hall–Kier alpha value is -1.06. The van der Waals surface area contributed by atoms with E-state index < -0.39 is 11.9 Å². The van der Waals surface area contributed by atoms with Gasteiger partial charge in [-0.1, -0.05) is 26.7 Å². The highest BCUT2D eigenvalue weighted by Gasteiger charge is 2.37. The van der Waals surface area contributed by atoms with Crippen molar-refractivity contribution in [2.75, 3.05) is 6.54 Å². The Balaban J connectivity index is 2.63. The van der Waals surface area contributed by atoms with E-state index in [1.165, 1.54) is 0 Å². The molecule has 4 heteroatoms. The van der Waals surface area contributed by atoms with Gasteiger partial charge in [-0.2, -0.15) is 0 Å². The summed E-state index contributed by atoms with van der Waals surface area (Å²) in [6.45, 7) is 4.59. The molecule has 0 aliphatic carbocycles. The lowest BCUT2D eigenvalue weighted by Gasteiger charge is -2.27. The number of rotatable bonds is 6. The van der Waals surface area contributed by atoms with Gasteiger partial charge in [-0.05, 0) is 12.8 Å². The highest BCUT2D eigenvalue weighted by Crippen LogP contribution is 2.24. The standard InChI is InChI=1S/C12H21NO3/c1-3-5-10(6-4-2)13-8-9(12(15)16)7-11(13)14/h9-10H,3-8H2,1-2H3,(H,15,16). The van der Waals surface area contributed by atoms with Crippen LogP contribution in [0.15, 0.2) is 0 Å². The van der Waals surface area contributed by atoms with Crippen molar-refractivity contribution in [2.45, 2.75) is 52.0 Å². The molecule has 1 saturated heterocycles. The summed E-state index contributed by atoms with van der Waals surface area (Å²) in [5.74, 6) is -1.33. The van der Waals surface area contributed by atoms with Gasteiger partial charge in [0.1, 0.15) is 0 Å².